The summed E-state index contributed by atoms with van der Waals surface area (Å²) in [5.41, 5.74) is 0. The van der Waals surface area contributed by atoms with Crippen molar-refractivity contribution in [2.75, 3.05) is 13.1 Å². The predicted molar refractivity (Wildman–Crippen MR) is 113 cm³/mol. The third-order valence-corrected chi connectivity index (χ3v) is 7.61. The molecule has 0 bridgehead atoms. The Morgan fingerprint density at radius 2 is 1.77 bits per heavy atom. The van der Waals surface area contributed by atoms with Crippen LogP contribution in [0.1, 0.15) is 26.7 Å². The molecule has 1 heterocycles. The number of hydrogen-bond acceptors (Lipinski definition) is 4. The molecule has 0 aliphatic carbocycles. The fourth-order valence-corrected chi connectivity index (χ4v) is 5.65. The molecule has 0 amide bonds. The fourth-order valence-electron chi connectivity index (χ4n) is 3.68. The number of aliphatic hydroxyl groups is 1. The van der Waals surface area contributed by atoms with Gasteiger partial charge in [0.15, 0.2) is 0 Å². The first-order valence-electron chi connectivity index (χ1n) is 8.90. The van der Waals surface area contributed by atoms with Gasteiger partial charge in [0.1, 0.15) is 0 Å². The van der Waals surface area contributed by atoms with Gasteiger partial charge in [-0.3, -0.25) is 4.90 Å². The first-order chi connectivity index (χ1) is 12.3. The minimum Gasteiger partial charge on any atom is -0.390 e. The Hall–Kier alpha value is -0.740. The minimum atomic E-state index is -3.69. The monoisotopic (exact) mass is 488 g/mol. The maximum atomic E-state index is 12.8. The van der Waals surface area contributed by atoms with E-state index in [9.17, 15) is 13.5 Å². The van der Waals surface area contributed by atoms with Crippen molar-refractivity contribution in [3.8, 4) is 0 Å². The van der Waals surface area contributed by atoms with E-state index >= 15 is 0 Å². The van der Waals surface area contributed by atoms with Crippen LogP contribution in [0, 0.1) is 3.57 Å². The van der Waals surface area contributed by atoms with Crippen LogP contribution in [0.2, 0.25) is 0 Å². The minimum absolute atomic E-state index is 0.0125. The highest BCUT2D eigenvalue weighted by molar-refractivity contribution is 14.1. The summed E-state index contributed by atoms with van der Waals surface area (Å²) in [6.45, 7) is 4.80. The van der Waals surface area contributed by atoms with Crippen LogP contribution < -0.4 is 4.72 Å². The molecular weight excluding hydrogens is 463 g/mol. The molecule has 0 spiro atoms. The third kappa shape index (κ3) is 4.22. The number of likely N-dealkylation sites (tertiary alicyclic amines) is 1. The highest BCUT2D eigenvalue weighted by atomic mass is 127. The van der Waals surface area contributed by atoms with Crippen molar-refractivity contribution < 1.29 is 13.5 Å². The molecule has 3 atom stereocenters. The lowest BCUT2D eigenvalue weighted by atomic mass is 10.1. The molecule has 0 aromatic heterocycles. The lowest BCUT2D eigenvalue weighted by Gasteiger charge is -2.28. The summed E-state index contributed by atoms with van der Waals surface area (Å²) in [5.74, 6) is 0. The molecule has 7 heteroatoms. The number of halogens is 1. The maximum absolute atomic E-state index is 12.8. The summed E-state index contributed by atoms with van der Waals surface area (Å²) in [7, 11) is -3.69. The van der Waals surface area contributed by atoms with E-state index in [-0.39, 0.29) is 11.4 Å². The van der Waals surface area contributed by atoms with Gasteiger partial charge in [-0.1, -0.05) is 24.3 Å². The number of sulfonamides is 1. The number of rotatable bonds is 6. The Labute approximate surface area is 169 Å². The fraction of sp³-hybridized carbons (Fsp3) is 0.474. The zero-order valence-corrected chi connectivity index (χ0v) is 18.0. The first kappa shape index (κ1) is 20.0. The van der Waals surface area contributed by atoms with Gasteiger partial charge in [0.2, 0.25) is 10.0 Å². The van der Waals surface area contributed by atoms with Crippen molar-refractivity contribution in [1.82, 2.24) is 9.62 Å². The lowest BCUT2D eigenvalue weighted by molar-refractivity contribution is 0.0941. The van der Waals surface area contributed by atoms with Crippen molar-refractivity contribution in [2.45, 2.75) is 49.8 Å². The van der Waals surface area contributed by atoms with Crippen LogP contribution in [0.15, 0.2) is 41.3 Å². The van der Waals surface area contributed by atoms with Crippen molar-refractivity contribution in [1.29, 1.82) is 0 Å². The molecule has 0 saturated carbocycles. The molecule has 3 rings (SSSR count). The molecule has 26 heavy (non-hydrogen) atoms. The summed E-state index contributed by atoms with van der Waals surface area (Å²) < 4.78 is 29.2. The summed E-state index contributed by atoms with van der Waals surface area (Å²) >= 11 is 2.21. The maximum Gasteiger partial charge on any atom is 0.241 e. The van der Waals surface area contributed by atoms with Gasteiger partial charge >= 0.3 is 0 Å². The standard InChI is InChI=1S/C19H25IN2O3S/c1-13-9-10-14(2)22(13)12-15(23)11-21-26(24,25)19-8-4-5-16-17(19)6-3-7-18(16)20/h3-8,13-15,21,23H,9-12H2,1-2H3/t13?,14?,15-/m0/s1. The number of fused-ring (bicyclic) bond motifs is 1. The van der Waals surface area contributed by atoms with Crippen molar-refractivity contribution >= 4 is 43.4 Å². The van der Waals surface area contributed by atoms with Crippen LogP contribution in [0.3, 0.4) is 0 Å². The molecular formula is C19H25IN2O3S. The van der Waals surface area contributed by atoms with Gasteiger partial charge in [0, 0.05) is 34.1 Å². The van der Waals surface area contributed by atoms with Gasteiger partial charge < -0.3 is 5.11 Å². The van der Waals surface area contributed by atoms with Crippen LogP contribution in [-0.2, 0) is 10.0 Å². The molecule has 1 fully saturated rings. The van der Waals surface area contributed by atoms with E-state index in [0.717, 1.165) is 21.8 Å². The SMILES string of the molecule is CC1CCC(C)N1C[C@@H](O)CNS(=O)(=O)c1cccc2c(I)cccc12. The molecule has 5 nitrogen and oxygen atoms in total. The molecule has 1 aliphatic heterocycles. The smallest absolute Gasteiger partial charge is 0.241 e. The van der Waals surface area contributed by atoms with Crippen molar-refractivity contribution in [2.24, 2.45) is 0 Å². The quantitative estimate of drug-likeness (QED) is 0.614. The van der Waals surface area contributed by atoms with E-state index in [1.165, 1.54) is 0 Å². The van der Waals surface area contributed by atoms with E-state index in [1.54, 1.807) is 12.1 Å². The van der Waals surface area contributed by atoms with Crippen LogP contribution in [0.25, 0.3) is 10.8 Å². The van der Waals surface area contributed by atoms with E-state index in [0.29, 0.717) is 24.0 Å². The number of β-amino-alcohol motifs (C(OH)–C–C–N with tert-alkyl or cyclic N) is 1. The van der Waals surface area contributed by atoms with Crippen molar-refractivity contribution in [3.63, 3.8) is 0 Å². The number of benzene rings is 2. The molecule has 2 aromatic rings. The van der Waals surface area contributed by atoms with Gasteiger partial charge in [-0.15, -0.1) is 0 Å². The highest BCUT2D eigenvalue weighted by Crippen LogP contribution is 2.27. The number of aliphatic hydroxyl groups excluding tert-OH is 1. The summed E-state index contributed by atoms with van der Waals surface area (Å²) in [5, 5.41) is 12.0. The largest absolute Gasteiger partial charge is 0.390 e. The molecule has 142 valence electrons. The predicted octanol–water partition coefficient (Wildman–Crippen LogP) is 2.96. The Morgan fingerprint density at radius 1 is 1.15 bits per heavy atom. The van der Waals surface area contributed by atoms with Gasteiger partial charge in [0.25, 0.3) is 0 Å². The van der Waals surface area contributed by atoms with Crippen LogP contribution in [0.5, 0.6) is 0 Å². The Kier molecular flexibility index (Phi) is 6.23. The Morgan fingerprint density at radius 3 is 2.46 bits per heavy atom. The van der Waals surface area contributed by atoms with Crippen molar-refractivity contribution in [3.05, 3.63) is 40.0 Å². The number of hydrogen-bond donors (Lipinski definition) is 2. The topological polar surface area (TPSA) is 69.6 Å². The first-order valence-corrected chi connectivity index (χ1v) is 11.5. The van der Waals surface area contributed by atoms with Crippen LogP contribution in [-0.4, -0.2) is 49.7 Å². The second kappa shape index (κ2) is 8.10. The lowest BCUT2D eigenvalue weighted by Crippen LogP contribution is -2.43. The molecule has 2 N–H and O–H groups in total. The summed E-state index contributed by atoms with van der Waals surface area (Å²) in [6.07, 6.45) is 1.51. The molecule has 1 aliphatic rings. The van der Waals surface area contributed by atoms with Gasteiger partial charge in [-0.25, -0.2) is 13.1 Å². The van der Waals surface area contributed by atoms with E-state index in [4.69, 9.17) is 0 Å². The normalized spacial score (nSPS) is 22.8. The van der Waals surface area contributed by atoms with Crippen LogP contribution >= 0.6 is 22.6 Å². The Balaban J connectivity index is 1.73. The van der Waals surface area contributed by atoms with Crippen LogP contribution in [0.4, 0.5) is 0 Å². The molecule has 2 unspecified atom stereocenters. The average Bonchev–Trinajstić information content (AvgIpc) is 2.92. The average molecular weight is 488 g/mol. The second-order valence-electron chi connectivity index (χ2n) is 7.07. The second-order valence-corrected chi connectivity index (χ2v) is 9.97. The van der Waals surface area contributed by atoms with E-state index in [2.05, 4.69) is 46.1 Å². The number of nitrogens with one attached hydrogen (secondary N) is 1. The Bertz CT molecular complexity index is 877. The third-order valence-electron chi connectivity index (χ3n) is 5.18. The molecule has 2 aromatic carbocycles. The summed E-state index contributed by atoms with van der Waals surface area (Å²) in [4.78, 5) is 2.50. The zero-order chi connectivity index (χ0) is 18.9. The van der Waals surface area contributed by atoms with E-state index in [1.807, 2.05) is 24.3 Å². The van der Waals surface area contributed by atoms with Gasteiger partial charge in [-0.05, 0) is 66.8 Å². The van der Waals surface area contributed by atoms with Gasteiger partial charge in [0.05, 0.1) is 11.0 Å². The zero-order valence-electron chi connectivity index (χ0n) is 15.0. The van der Waals surface area contributed by atoms with Gasteiger partial charge in [-0.2, -0.15) is 0 Å². The molecule has 0 radical (unpaired) electrons. The summed E-state index contributed by atoms with van der Waals surface area (Å²) in [6, 6.07) is 11.8. The highest BCUT2D eigenvalue weighted by Gasteiger charge is 2.29. The number of nitrogens with zero attached hydrogens (tertiary/aromatic N) is 1. The molecule has 1 saturated heterocycles. The van der Waals surface area contributed by atoms with E-state index < -0.39 is 16.1 Å².